The van der Waals surface area contributed by atoms with Gasteiger partial charge in [-0.3, -0.25) is 9.78 Å². The topological polar surface area (TPSA) is 66.1 Å². The van der Waals surface area contributed by atoms with E-state index in [-0.39, 0.29) is 5.91 Å². The van der Waals surface area contributed by atoms with E-state index in [4.69, 9.17) is 0 Å². The van der Waals surface area contributed by atoms with E-state index >= 15 is 0 Å². The second-order valence-corrected chi connectivity index (χ2v) is 4.66. The molecule has 1 aliphatic carbocycles. The van der Waals surface area contributed by atoms with Crippen LogP contribution >= 0.6 is 0 Å². The minimum Gasteiger partial charge on any atom is -0.382 e. The van der Waals surface area contributed by atoms with Crippen molar-refractivity contribution in [3.8, 4) is 0 Å². The number of nitrogens with one attached hydrogen (secondary N) is 3. The van der Waals surface area contributed by atoms with Gasteiger partial charge in [0.2, 0.25) is 0 Å². The van der Waals surface area contributed by atoms with Crippen LogP contribution in [0.4, 0.5) is 5.69 Å². The minimum atomic E-state index is -0.147. The molecule has 2 atom stereocenters. The summed E-state index contributed by atoms with van der Waals surface area (Å²) in [5.41, 5.74) is 1.44. The normalized spacial score (nSPS) is 29.6. The third kappa shape index (κ3) is 1.86. The highest BCUT2D eigenvalue weighted by Gasteiger charge is 2.52. The first kappa shape index (κ1) is 10.5. The molecule has 3 N–H and O–H groups in total. The molecule has 1 aromatic rings. The summed E-state index contributed by atoms with van der Waals surface area (Å²) in [5, 5.41) is 9.42. The summed E-state index contributed by atoms with van der Waals surface area (Å²) in [6, 6.07) is 4.28. The van der Waals surface area contributed by atoms with Crippen molar-refractivity contribution < 1.29 is 4.79 Å². The van der Waals surface area contributed by atoms with Gasteiger partial charge in [0.25, 0.3) is 5.91 Å². The maximum atomic E-state index is 11.5. The Morgan fingerprint density at radius 1 is 1.47 bits per heavy atom. The monoisotopic (exact) mass is 232 g/mol. The van der Waals surface area contributed by atoms with Gasteiger partial charge in [-0.05, 0) is 24.0 Å². The zero-order valence-electron chi connectivity index (χ0n) is 9.73. The zero-order chi connectivity index (χ0) is 11.8. The molecule has 1 aliphatic heterocycles. The number of piperidine rings is 1. The largest absolute Gasteiger partial charge is 0.382 e. The van der Waals surface area contributed by atoms with Crippen molar-refractivity contribution in [2.75, 3.05) is 25.5 Å². The second kappa shape index (κ2) is 4.00. The van der Waals surface area contributed by atoms with Gasteiger partial charge < -0.3 is 16.0 Å². The first-order valence-electron chi connectivity index (χ1n) is 5.95. The third-order valence-corrected chi connectivity index (χ3v) is 3.64. The van der Waals surface area contributed by atoms with Crippen molar-refractivity contribution in [3.05, 3.63) is 24.0 Å². The molecule has 2 aliphatic rings. The molecule has 17 heavy (non-hydrogen) atoms. The van der Waals surface area contributed by atoms with Gasteiger partial charge in [-0.1, -0.05) is 0 Å². The first-order chi connectivity index (χ1) is 8.29. The maximum Gasteiger partial charge on any atom is 0.269 e. The van der Waals surface area contributed by atoms with E-state index in [1.165, 1.54) is 0 Å². The number of fused-ring (bicyclic) bond motifs is 1. The van der Waals surface area contributed by atoms with Crippen molar-refractivity contribution in [2.24, 2.45) is 11.8 Å². The van der Waals surface area contributed by atoms with Crippen LogP contribution in [0, 0.1) is 11.8 Å². The van der Waals surface area contributed by atoms with E-state index in [9.17, 15) is 4.79 Å². The second-order valence-electron chi connectivity index (χ2n) is 4.66. The lowest BCUT2D eigenvalue weighted by Gasteiger charge is -2.09. The smallest absolute Gasteiger partial charge is 0.269 e. The SMILES string of the molecule is CNC(=O)c1cc(NC2C3CNCC32)ccn1. The Labute approximate surface area is 100 Å². The Morgan fingerprint density at radius 2 is 2.24 bits per heavy atom. The Balaban J connectivity index is 1.69. The molecule has 90 valence electrons. The molecule has 1 amide bonds. The summed E-state index contributed by atoms with van der Waals surface area (Å²) >= 11 is 0. The van der Waals surface area contributed by atoms with Crippen LogP contribution in [0.25, 0.3) is 0 Å². The highest BCUT2D eigenvalue weighted by molar-refractivity contribution is 5.92. The van der Waals surface area contributed by atoms with Crippen LogP contribution in [-0.2, 0) is 0 Å². The predicted octanol–water partition coefficient (Wildman–Crippen LogP) is 0.0709. The molecule has 2 fully saturated rings. The van der Waals surface area contributed by atoms with Crippen molar-refractivity contribution in [3.63, 3.8) is 0 Å². The van der Waals surface area contributed by atoms with Gasteiger partial charge >= 0.3 is 0 Å². The number of amides is 1. The number of aromatic nitrogens is 1. The summed E-state index contributed by atoms with van der Waals surface area (Å²) in [6.07, 6.45) is 1.67. The van der Waals surface area contributed by atoms with E-state index in [1.54, 1.807) is 19.3 Å². The van der Waals surface area contributed by atoms with Crippen molar-refractivity contribution >= 4 is 11.6 Å². The Kier molecular flexibility index (Phi) is 2.48. The molecule has 1 aromatic heterocycles. The lowest BCUT2D eigenvalue weighted by atomic mass is 10.3. The summed E-state index contributed by atoms with van der Waals surface area (Å²) in [6.45, 7) is 2.21. The fraction of sp³-hybridized carbons (Fsp3) is 0.500. The van der Waals surface area contributed by atoms with Gasteiger partial charge in [0.15, 0.2) is 0 Å². The molecule has 0 radical (unpaired) electrons. The standard InChI is InChI=1S/C12H16N4O/c1-13-12(17)10-4-7(2-3-15-10)16-11-8-5-14-6-9(8)11/h2-4,8-9,11,14H,5-6H2,1H3,(H,13,17)(H,15,16). The molecule has 1 saturated heterocycles. The number of hydrogen-bond donors (Lipinski definition) is 3. The molecule has 0 spiro atoms. The predicted molar refractivity (Wildman–Crippen MR) is 64.9 cm³/mol. The molecular weight excluding hydrogens is 216 g/mol. The summed E-state index contributed by atoms with van der Waals surface area (Å²) in [7, 11) is 1.61. The van der Waals surface area contributed by atoms with Gasteiger partial charge in [-0.25, -0.2) is 0 Å². The lowest BCUT2D eigenvalue weighted by Crippen LogP contribution is -2.22. The number of rotatable bonds is 3. The van der Waals surface area contributed by atoms with Crippen LogP contribution in [-0.4, -0.2) is 37.1 Å². The van der Waals surface area contributed by atoms with Crippen molar-refractivity contribution in [1.82, 2.24) is 15.6 Å². The average Bonchev–Trinajstić information content (AvgIpc) is 2.80. The number of pyridine rings is 1. The molecule has 2 unspecified atom stereocenters. The maximum absolute atomic E-state index is 11.5. The number of carbonyl (C=O) groups excluding carboxylic acids is 1. The molecule has 1 saturated carbocycles. The van der Waals surface area contributed by atoms with E-state index in [0.29, 0.717) is 11.7 Å². The number of anilines is 1. The van der Waals surface area contributed by atoms with Gasteiger partial charge in [0.05, 0.1) is 0 Å². The number of nitrogens with zero attached hydrogens (tertiary/aromatic N) is 1. The lowest BCUT2D eigenvalue weighted by molar-refractivity contribution is 0.0958. The van der Waals surface area contributed by atoms with Crippen LogP contribution in [0.1, 0.15) is 10.5 Å². The molecule has 3 rings (SSSR count). The third-order valence-electron chi connectivity index (χ3n) is 3.64. The Morgan fingerprint density at radius 3 is 2.94 bits per heavy atom. The number of carbonyl (C=O) groups is 1. The van der Waals surface area contributed by atoms with E-state index in [1.807, 2.05) is 6.07 Å². The quantitative estimate of drug-likeness (QED) is 0.690. The van der Waals surface area contributed by atoms with Crippen LogP contribution in [0.5, 0.6) is 0 Å². The highest BCUT2D eigenvalue weighted by atomic mass is 16.1. The van der Waals surface area contributed by atoms with Gasteiger partial charge in [-0.15, -0.1) is 0 Å². The molecule has 2 heterocycles. The van der Waals surface area contributed by atoms with Gasteiger partial charge in [0, 0.05) is 38.1 Å². The fourth-order valence-corrected chi connectivity index (χ4v) is 2.60. The first-order valence-corrected chi connectivity index (χ1v) is 5.95. The van der Waals surface area contributed by atoms with Crippen LogP contribution in [0.2, 0.25) is 0 Å². The van der Waals surface area contributed by atoms with Crippen LogP contribution in [0.3, 0.4) is 0 Å². The van der Waals surface area contributed by atoms with E-state index < -0.39 is 0 Å². The average molecular weight is 232 g/mol. The molecule has 0 bridgehead atoms. The summed E-state index contributed by atoms with van der Waals surface area (Å²) < 4.78 is 0. The molecule has 5 nitrogen and oxygen atoms in total. The molecule has 5 heteroatoms. The van der Waals surface area contributed by atoms with Crippen molar-refractivity contribution in [2.45, 2.75) is 6.04 Å². The van der Waals surface area contributed by atoms with Crippen molar-refractivity contribution in [1.29, 1.82) is 0 Å². The van der Waals surface area contributed by atoms with Gasteiger partial charge in [-0.2, -0.15) is 0 Å². The van der Waals surface area contributed by atoms with E-state index in [0.717, 1.165) is 30.6 Å². The minimum absolute atomic E-state index is 0.147. The summed E-state index contributed by atoms with van der Waals surface area (Å²) in [4.78, 5) is 15.5. The molecular formula is C12H16N4O. The molecule has 0 aromatic carbocycles. The Hall–Kier alpha value is -1.62. The van der Waals surface area contributed by atoms with Crippen LogP contribution in [0.15, 0.2) is 18.3 Å². The van der Waals surface area contributed by atoms with Gasteiger partial charge in [0.1, 0.15) is 5.69 Å². The zero-order valence-corrected chi connectivity index (χ0v) is 9.73. The Bertz CT molecular complexity index is 438. The highest BCUT2D eigenvalue weighted by Crippen LogP contribution is 2.43. The summed E-state index contributed by atoms with van der Waals surface area (Å²) in [5.74, 6) is 1.37. The van der Waals surface area contributed by atoms with E-state index in [2.05, 4.69) is 20.9 Å². The number of hydrogen-bond acceptors (Lipinski definition) is 4. The fourth-order valence-electron chi connectivity index (χ4n) is 2.60. The van der Waals surface area contributed by atoms with Crippen LogP contribution < -0.4 is 16.0 Å².